The molecule has 23 heavy (non-hydrogen) atoms. The summed E-state index contributed by atoms with van der Waals surface area (Å²) in [4.78, 5) is 19.2. The molecule has 1 aliphatic heterocycles. The summed E-state index contributed by atoms with van der Waals surface area (Å²) in [6, 6.07) is 11.9. The molecule has 0 atom stereocenters. The molecule has 2 aromatic heterocycles. The second-order valence-electron chi connectivity index (χ2n) is 5.64. The van der Waals surface area contributed by atoms with Gasteiger partial charge in [-0.25, -0.2) is 4.98 Å². The summed E-state index contributed by atoms with van der Waals surface area (Å²) in [6.07, 6.45) is 2.01. The zero-order valence-corrected chi connectivity index (χ0v) is 13.6. The van der Waals surface area contributed by atoms with E-state index in [0.29, 0.717) is 11.5 Å². The average Bonchev–Trinajstić information content (AvgIpc) is 3.22. The highest BCUT2D eigenvalue weighted by molar-refractivity contribution is 7.13. The molecule has 0 saturated heterocycles. The summed E-state index contributed by atoms with van der Waals surface area (Å²) in [5.74, 6) is 1.52. The molecule has 0 N–H and O–H groups in total. The van der Waals surface area contributed by atoms with Gasteiger partial charge in [-0.05, 0) is 43.5 Å². The van der Waals surface area contributed by atoms with Crippen molar-refractivity contribution in [1.82, 2.24) is 4.98 Å². The number of anilines is 1. The predicted octanol–water partition coefficient (Wildman–Crippen LogP) is 4.30. The second kappa shape index (κ2) is 5.66. The highest BCUT2D eigenvalue weighted by Crippen LogP contribution is 2.30. The Labute approximate surface area is 138 Å². The molecule has 4 nitrogen and oxygen atoms in total. The van der Waals surface area contributed by atoms with Crippen LogP contribution in [0.2, 0.25) is 0 Å². The number of carbonyl (C=O) groups excluding carboxylic acids is 1. The Morgan fingerprint density at radius 2 is 2.13 bits per heavy atom. The van der Waals surface area contributed by atoms with Crippen molar-refractivity contribution in [2.24, 2.45) is 0 Å². The molecule has 0 bridgehead atoms. The molecule has 3 heterocycles. The lowest BCUT2D eigenvalue weighted by Crippen LogP contribution is -2.35. The maximum atomic E-state index is 12.9. The van der Waals surface area contributed by atoms with Gasteiger partial charge in [0.25, 0.3) is 5.91 Å². The zero-order chi connectivity index (χ0) is 15.8. The first kappa shape index (κ1) is 14.2. The number of amides is 1. The molecule has 3 aromatic rings. The highest BCUT2D eigenvalue weighted by Gasteiger charge is 2.25. The number of fused-ring (bicyclic) bond motifs is 1. The number of hydrogen-bond donors (Lipinski definition) is 0. The van der Waals surface area contributed by atoms with Crippen molar-refractivity contribution in [1.29, 1.82) is 0 Å². The molecule has 0 unspecified atom stereocenters. The van der Waals surface area contributed by atoms with Gasteiger partial charge in [0.15, 0.2) is 10.8 Å². The van der Waals surface area contributed by atoms with Crippen LogP contribution in [-0.2, 0) is 6.42 Å². The first-order valence-electron chi connectivity index (χ1n) is 7.64. The molecule has 1 amide bonds. The van der Waals surface area contributed by atoms with E-state index in [9.17, 15) is 4.79 Å². The Morgan fingerprint density at radius 1 is 1.26 bits per heavy atom. The van der Waals surface area contributed by atoms with E-state index >= 15 is 0 Å². The van der Waals surface area contributed by atoms with Gasteiger partial charge in [0.2, 0.25) is 0 Å². The SMILES string of the molecule is Cc1ccc(-c2nc(C(=O)N3CCCc4ccccc43)cs2)o1. The van der Waals surface area contributed by atoms with Crippen molar-refractivity contribution in [2.75, 3.05) is 11.4 Å². The van der Waals surface area contributed by atoms with Crippen LogP contribution < -0.4 is 4.90 Å². The number of para-hydroxylation sites is 1. The standard InChI is InChI=1S/C18H16N2O2S/c1-12-8-9-16(22-12)17-19-14(11-23-17)18(21)20-10-4-6-13-5-2-3-7-15(13)20/h2-3,5,7-9,11H,4,6,10H2,1H3. The average molecular weight is 324 g/mol. The van der Waals surface area contributed by atoms with Gasteiger partial charge in [-0.3, -0.25) is 4.79 Å². The minimum atomic E-state index is -0.0390. The summed E-state index contributed by atoms with van der Waals surface area (Å²) < 4.78 is 5.59. The van der Waals surface area contributed by atoms with E-state index in [1.807, 2.05) is 47.5 Å². The van der Waals surface area contributed by atoms with E-state index in [1.54, 1.807) is 0 Å². The first-order chi connectivity index (χ1) is 11.2. The minimum Gasteiger partial charge on any atom is -0.459 e. The zero-order valence-electron chi connectivity index (χ0n) is 12.8. The normalized spacial score (nSPS) is 13.9. The monoisotopic (exact) mass is 324 g/mol. The molecule has 1 aliphatic rings. The number of carbonyl (C=O) groups is 1. The number of hydrogen-bond acceptors (Lipinski definition) is 4. The van der Waals surface area contributed by atoms with Crippen molar-refractivity contribution in [3.05, 3.63) is 58.8 Å². The third-order valence-electron chi connectivity index (χ3n) is 4.03. The van der Waals surface area contributed by atoms with Crippen LogP contribution in [0.4, 0.5) is 5.69 Å². The van der Waals surface area contributed by atoms with Gasteiger partial charge in [-0.2, -0.15) is 0 Å². The van der Waals surface area contributed by atoms with Crippen LogP contribution in [0.3, 0.4) is 0 Å². The lowest BCUT2D eigenvalue weighted by atomic mass is 10.0. The molecular weight excluding hydrogens is 308 g/mol. The van der Waals surface area contributed by atoms with Crippen LogP contribution in [0.25, 0.3) is 10.8 Å². The van der Waals surface area contributed by atoms with Crippen molar-refractivity contribution in [2.45, 2.75) is 19.8 Å². The number of benzene rings is 1. The Bertz CT molecular complexity index is 865. The molecule has 0 spiro atoms. The van der Waals surface area contributed by atoms with Crippen LogP contribution in [0.5, 0.6) is 0 Å². The van der Waals surface area contributed by atoms with E-state index in [-0.39, 0.29) is 5.91 Å². The fourth-order valence-electron chi connectivity index (χ4n) is 2.92. The predicted molar refractivity (Wildman–Crippen MR) is 91.0 cm³/mol. The van der Waals surface area contributed by atoms with Crippen molar-refractivity contribution in [3.8, 4) is 10.8 Å². The van der Waals surface area contributed by atoms with Crippen LogP contribution in [0.1, 0.15) is 28.2 Å². The summed E-state index contributed by atoms with van der Waals surface area (Å²) in [6.45, 7) is 2.64. The molecule has 0 radical (unpaired) electrons. The first-order valence-corrected chi connectivity index (χ1v) is 8.52. The topological polar surface area (TPSA) is 46.3 Å². The van der Waals surface area contributed by atoms with Gasteiger partial charge in [0.05, 0.1) is 0 Å². The van der Waals surface area contributed by atoms with E-state index in [2.05, 4.69) is 11.1 Å². The van der Waals surface area contributed by atoms with E-state index < -0.39 is 0 Å². The second-order valence-corrected chi connectivity index (χ2v) is 6.50. The molecule has 116 valence electrons. The lowest BCUT2D eigenvalue weighted by Gasteiger charge is -2.28. The van der Waals surface area contributed by atoms with Crippen LogP contribution >= 0.6 is 11.3 Å². The quantitative estimate of drug-likeness (QED) is 0.706. The number of thiazole rings is 1. The lowest BCUT2D eigenvalue weighted by molar-refractivity contribution is 0.0981. The summed E-state index contributed by atoms with van der Waals surface area (Å²) >= 11 is 1.44. The third-order valence-corrected chi connectivity index (χ3v) is 4.89. The van der Waals surface area contributed by atoms with Crippen LogP contribution in [0, 0.1) is 6.92 Å². The molecular formula is C18H16N2O2S. The van der Waals surface area contributed by atoms with Gasteiger partial charge in [-0.15, -0.1) is 11.3 Å². The fourth-order valence-corrected chi connectivity index (χ4v) is 3.67. The largest absolute Gasteiger partial charge is 0.459 e. The van der Waals surface area contributed by atoms with Crippen molar-refractivity contribution < 1.29 is 9.21 Å². The van der Waals surface area contributed by atoms with E-state index in [1.165, 1.54) is 16.9 Å². The number of furan rings is 1. The molecule has 1 aromatic carbocycles. The minimum absolute atomic E-state index is 0.0390. The molecule has 0 saturated carbocycles. The number of rotatable bonds is 2. The van der Waals surface area contributed by atoms with Gasteiger partial charge >= 0.3 is 0 Å². The Hall–Kier alpha value is -2.40. The maximum Gasteiger partial charge on any atom is 0.277 e. The van der Waals surface area contributed by atoms with Gasteiger partial charge in [0, 0.05) is 17.6 Å². The van der Waals surface area contributed by atoms with Crippen molar-refractivity contribution in [3.63, 3.8) is 0 Å². The Balaban J connectivity index is 1.65. The fraction of sp³-hybridized carbons (Fsp3) is 0.222. The summed E-state index contributed by atoms with van der Waals surface area (Å²) in [7, 11) is 0. The van der Waals surface area contributed by atoms with Crippen LogP contribution in [-0.4, -0.2) is 17.4 Å². The third kappa shape index (κ3) is 2.57. The van der Waals surface area contributed by atoms with Gasteiger partial charge < -0.3 is 9.32 Å². The maximum absolute atomic E-state index is 12.9. The number of nitrogens with zero attached hydrogens (tertiary/aromatic N) is 2. The smallest absolute Gasteiger partial charge is 0.277 e. The van der Waals surface area contributed by atoms with Crippen LogP contribution in [0.15, 0.2) is 46.2 Å². The summed E-state index contributed by atoms with van der Waals surface area (Å²) in [5, 5.41) is 2.55. The molecule has 0 fully saturated rings. The van der Waals surface area contributed by atoms with Gasteiger partial charge in [0.1, 0.15) is 11.5 Å². The molecule has 4 rings (SSSR count). The molecule has 0 aliphatic carbocycles. The number of aromatic nitrogens is 1. The van der Waals surface area contributed by atoms with Crippen molar-refractivity contribution >= 4 is 22.9 Å². The van der Waals surface area contributed by atoms with Gasteiger partial charge in [-0.1, -0.05) is 18.2 Å². The Kier molecular flexibility index (Phi) is 3.50. The Morgan fingerprint density at radius 3 is 2.96 bits per heavy atom. The number of aryl methyl sites for hydroxylation is 2. The summed E-state index contributed by atoms with van der Waals surface area (Å²) in [5.41, 5.74) is 2.71. The highest BCUT2D eigenvalue weighted by atomic mass is 32.1. The van der Waals surface area contributed by atoms with E-state index in [4.69, 9.17) is 4.42 Å². The molecule has 5 heteroatoms. The van der Waals surface area contributed by atoms with E-state index in [0.717, 1.165) is 35.8 Å².